The van der Waals surface area contributed by atoms with E-state index in [1.54, 1.807) is 24.3 Å². The number of nitrogens with zero attached hydrogens (tertiary/aromatic N) is 1. The molecule has 0 heterocycles. The van der Waals surface area contributed by atoms with Crippen LogP contribution in [0.15, 0.2) is 114 Å². The predicted molar refractivity (Wildman–Crippen MR) is 197 cm³/mol. The third kappa shape index (κ3) is 16.4. The Bertz CT molecular complexity index is 1720. The normalized spacial score (nSPS) is 11.3. The highest BCUT2D eigenvalue weighted by Crippen LogP contribution is 2.20. The minimum atomic E-state index is -5.08. The van der Waals surface area contributed by atoms with E-state index in [1.807, 2.05) is 84.9 Å². The molecule has 4 aromatic carbocycles. The van der Waals surface area contributed by atoms with Gasteiger partial charge in [-0.25, -0.2) is 9.79 Å². The molecule has 282 valence electrons. The number of carbonyl (C=O) groups excluding carboxylic acids is 2. The van der Waals surface area contributed by atoms with E-state index >= 15 is 0 Å². The second-order valence-electron chi connectivity index (χ2n) is 12.0. The van der Waals surface area contributed by atoms with E-state index in [0.29, 0.717) is 37.3 Å². The third-order valence-electron chi connectivity index (χ3n) is 7.74. The van der Waals surface area contributed by atoms with Crippen LogP contribution in [-0.2, 0) is 22.6 Å². The highest BCUT2D eigenvalue weighted by Gasteiger charge is 2.38. The van der Waals surface area contributed by atoms with Crippen molar-refractivity contribution in [2.45, 2.75) is 63.8 Å². The fourth-order valence-corrected chi connectivity index (χ4v) is 4.98. The maximum absolute atomic E-state index is 12.9. The number of carbonyl (C=O) groups is 3. The van der Waals surface area contributed by atoms with Gasteiger partial charge >= 0.3 is 12.1 Å². The van der Waals surface area contributed by atoms with Crippen molar-refractivity contribution in [3.05, 3.63) is 131 Å². The number of hydrogen-bond donors (Lipinski definition) is 4. The van der Waals surface area contributed by atoms with Crippen LogP contribution in [0.2, 0.25) is 0 Å². The van der Waals surface area contributed by atoms with Crippen molar-refractivity contribution in [2.75, 3.05) is 13.2 Å². The molecule has 0 aliphatic rings. The summed E-state index contributed by atoms with van der Waals surface area (Å²) < 4.78 is 43.4. The van der Waals surface area contributed by atoms with Crippen LogP contribution in [-0.4, -0.2) is 54.1 Å². The van der Waals surface area contributed by atoms with E-state index in [1.165, 1.54) is 0 Å². The molecule has 0 bridgehead atoms. The van der Waals surface area contributed by atoms with Crippen molar-refractivity contribution in [2.24, 2.45) is 16.5 Å². The minimum Gasteiger partial charge on any atom is -0.494 e. The summed E-state index contributed by atoms with van der Waals surface area (Å²) in [6.45, 7) is 1.79. The highest BCUT2D eigenvalue weighted by atomic mass is 19.4. The number of benzene rings is 4. The molecule has 1 unspecified atom stereocenters. The molecule has 1 amide bonds. The van der Waals surface area contributed by atoms with Crippen LogP contribution in [0.25, 0.3) is 0 Å². The number of aliphatic carboxylic acids is 1. The first-order valence-corrected chi connectivity index (χ1v) is 17.2. The Hall–Kier alpha value is -5.85. The van der Waals surface area contributed by atoms with Gasteiger partial charge in [0.2, 0.25) is 5.91 Å². The number of ether oxygens (including phenoxy) is 2. The molecule has 4 rings (SSSR count). The summed E-state index contributed by atoms with van der Waals surface area (Å²) in [7, 11) is 0. The lowest BCUT2D eigenvalue weighted by Gasteiger charge is -2.14. The van der Waals surface area contributed by atoms with Crippen LogP contribution in [0, 0.1) is 0 Å². The smallest absolute Gasteiger partial charge is 0.490 e. The number of rotatable bonds is 19. The zero-order chi connectivity index (χ0) is 38.5. The number of carboxylic acid groups (broad SMARTS) is 1. The zero-order valence-corrected chi connectivity index (χ0v) is 29.3. The van der Waals surface area contributed by atoms with E-state index < -0.39 is 18.2 Å². The van der Waals surface area contributed by atoms with E-state index in [2.05, 4.69) is 10.3 Å². The number of alkyl halides is 3. The van der Waals surface area contributed by atoms with Crippen molar-refractivity contribution < 1.29 is 42.1 Å². The van der Waals surface area contributed by atoms with Crippen LogP contribution in [0.3, 0.4) is 0 Å². The molecule has 1 atom stereocenters. The largest absolute Gasteiger partial charge is 0.494 e. The molecule has 0 spiro atoms. The van der Waals surface area contributed by atoms with Crippen LogP contribution >= 0.6 is 0 Å². The monoisotopic (exact) mass is 734 g/mol. The Morgan fingerprint density at radius 1 is 0.679 bits per heavy atom. The highest BCUT2D eigenvalue weighted by molar-refractivity contribution is 6.08. The van der Waals surface area contributed by atoms with Crippen LogP contribution in [0.5, 0.6) is 11.5 Å². The van der Waals surface area contributed by atoms with Gasteiger partial charge in [-0.2, -0.15) is 13.2 Å². The fourth-order valence-electron chi connectivity index (χ4n) is 4.98. The van der Waals surface area contributed by atoms with E-state index in [-0.39, 0.29) is 17.6 Å². The van der Waals surface area contributed by atoms with Gasteiger partial charge in [-0.05, 0) is 48.2 Å². The van der Waals surface area contributed by atoms with Gasteiger partial charge in [-0.15, -0.1) is 0 Å². The van der Waals surface area contributed by atoms with Gasteiger partial charge < -0.3 is 31.4 Å². The number of nitrogens with one attached hydrogen (secondary N) is 1. The van der Waals surface area contributed by atoms with Crippen LogP contribution in [0.4, 0.5) is 13.2 Å². The summed E-state index contributed by atoms with van der Waals surface area (Å²) in [6.07, 6.45) is 1.44. The molecule has 13 heteroatoms. The summed E-state index contributed by atoms with van der Waals surface area (Å²) in [5.41, 5.74) is 14.4. The first-order chi connectivity index (χ1) is 25.4. The molecule has 6 N–H and O–H groups in total. The molecule has 0 aliphatic carbocycles. The number of ketones is 1. The van der Waals surface area contributed by atoms with Gasteiger partial charge in [0.15, 0.2) is 11.7 Å². The maximum atomic E-state index is 12.9. The molecular weight excluding hydrogens is 689 g/mol. The molecule has 4 aromatic rings. The third-order valence-corrected chi connectivity index (χ3v) is 7.74. The second kappa shape index (κ2) is 22.2. The summed E-state index contributed by atoms with van der Waals surface area (Å²) in [4.78, 5) is 38.6. The Balaban J connectivity index is 0.000000980. The van der Waals surface area contributed by atoms with E-state index in [0.717, 1.165) is 61.2 Å². The lowest BCUT2D eigenvalue weighted by Crippen LogP contribution is -2.38. The number of unbranched alkanes of at least 4 members (excludes halogenated alkanes) is 5. The van der Waals surface area contributed by atoms with Gasteiger partial charge in [0.05, 0.1) is 6.61 Å². The molecule has 0 aliphatic heterocycles. The van der Waals surface area contributed by atoms with Gasteiger partial charge in [-0.1, -0.05) is 111 Å². The number of guanidine groups is 1. The predicted octanol–water partition coefficient (Wildman–Crippen LogP) is 6.85. The molecule has 0 saturated heterocycles. The number of aliphatic imine (C=N–C) groups is 1. The average Bonchev–Trinajstić information content (AvgIpc) is 3.15. The lowest BCUT2D eigenvalue weighted by atomic mass is 9.99. The number of amides is 1. The zero-order valence-electron chi connectivity index (χ0n) is 29.3. The topological polar surface area (TPSA) is 166 Å². The summed E-state index contributed by atoms with van der Waals surface area (Å²) >= 11 is 0. The molecule has 53 heavy (non-hydrogen) atoms. The summed E-state index contributed by atoms with van der Waals surface area (Å²) in [5.74, 6) is -1.49. The van der Waals surface area contributed by atoms with E-state index in [4.69, 9.17) is 30.8 Å². The van der Waals surface area contributed by atoms with Gasteiger partial charge in [0.25, 0.3) is 0 Å². The molecule has 0 saturated carbocycles. The average molecular weight is 735 g/mol. The molecule has 10 nitrogen and oxygen atoms in total. The number of halogens is 3. The standard InChI is InChI=1S/C38H44N4O4.C2HF3O2/c39-38(40)42-35(27-29-17-19-32(20-18-29)36(43)31-15-9-6-10-16-31)37(44)41-25-11-3-1-2-4-12-26-45-33-21-23-34(24-22-33)46-28-30-13-7-5-8-14-30;3-2(4,5)1(6)7/h5-10,13-24,35H,1-4,11-12,25-28H2,(H,41,44)(H4,39,40,42);(H,6,7). The van der Waals surface area contributed by atoms with Gasteiger partial charge in [-0.3, -0.25) is 9.59 Å². The van der Waals surface area contributed by atoms with Gasteiger partial charge in [0.1, 0.15) is 24.1 Å². The Morgan fingerprint density at radius 3 is 1.75 bits per heavy atom. The van der Waals surface area contributed by atoms with Crippen LogP contribution in [0.1, 0.15) is 65.6 Å². The molecule has 0 aromatic heterocycles. The molecule has 0 fully saturated rings. The second-order valence-corrected chi connectivity index (χ2v) is 12.0. The number of hydrogen-bond acceptors (Lipinski definition) is 6. The molecular formula is C40H45F3N4O6. The van der Waals surface area contributed by atoms with Gasteiger partial charge in [0, 0.05) is 24.1 Å². The van der Waals surface area contributed by atoms with Crippen molar-refractivity contribution in [3.8, 4) is 11.5 Å². The summed E-state index contributed by atoms with van der Waals surface area (Å²) in [5, 5.41) is 10.1. The summed E-state index contributed by atoms with van der Waals surface area (Å²) in [6, 6.07) is 33.4. The quantitative estimate of drug-likeness (QED) is 0.0351. The Morgan fingerprint density at radius 2 is 1.19 bits per heavy atom. The first kappa shape index (κ1) is 41.6. The maximum Gasteiger partial charge on any atom is 0.490 e. The van der Waals surface area contributed by atoms with Crippen molar-refractivity contribution in [3.63, 3.8) is 0 Å². The first-order valence-electron chi connectivity index (χ1n) is 17.2. The number of nitrogens with two attached hydrogens (primary N) is 2. The van der Waals surface area contributed by atoms with E-state index in [9.17, 15) is 22.8 Å². The Labute approximate surface area is 307 Å². The lowest BCUT2D eigenvalue weighted by molar-refractivity contribution is -0.192. The molecule has 0 radical (unpaired) electrons. The Kier molecular flexibility index (Phi) is 17.4. The van der Waals surface area contributed by atoms with Crippen LogP contribution < -0.4 is 26.3 Å². The van der Waals surface area contributed by atoms with Crippen molar-refractivity contribution >= 4 is 23.6 Å². The van der Waals surface area contributed by atoms with Crippen molar-refractivity contribution in [1.82, 2.24) is 5.32 Å². The SMILES string of the molecule is NC(N)=NC(Cc1ccc(C(=O)c2ccccc2)cc1)C(=O)NCCCCCCCCOc1ccc(OCc2ccccc2)cc1.O=C(O)C(F)(F)F. The van der Waals surface area contributed by atoms with Crippen molar-refractivity contribution in [1.29, 1.82) is 0 Å². The minimum absolute atomic E-state index is 0.0500. The number of carboxylic acids is 1. The fraction of sp³-hybridized carbons (Fsp3) is 0.300.